The van der Waals surface area contributed by atoms with E-state index in [1.807, 2.05) is 0 Å². The quantitative estimate of drug-likeness (QED) is 0.252. The third-order valence-electron chi connectivity index (χ3n) is 5.31. The van der Waals surface area contributed by atoms with Crippen LogP contribution in [0.15, 0.2) is 72.8 Å². The molecule has 0 saturated carbocycles. The Kier molecular flexibility index (Phi) is 5.96. The molecule has 10 heteroatoms. The lowest BCUT2D eigenvalue weighted by Crippen LogP contribution is -2.68. The molecule has 0 fully saturated rings. The average molecular weight is 478 g/mol. The SMILES string of the molecule is C[Si](c1ccccc1C(F)(F)F)(c1ccccc1C(F)(F)F)c1ccccc1C(F)(F)F. The minimum atomic E-state index is -4.98. The van der Waals surface area contributed by atoms with Gasteiger partial charge in [0.15, 0.2) is 0 Å². The van der Waals surface area contributed by atoms with Crippen molar-refractivity contribution in [3.8, 4) is 0 Å². The summed E-state index contributed by atoms with van der Waals surface area (Å²) < 4.78 is 125. The van der Waals surface area contributed by atoms with Crippen LogP contribution in [0.2, 0.25) is 6.55 Å². The molecule has 0 radical (unpaired) electrons. The molecule has 0 aliphatic carbocycles. The average Bonchev–Trinajstić information content (AvgIpc) is 2.71. The maximum atomic E-state index is 13.9. The smallest absolute Gasteiger partial charge is 0.166 e. The summed E-state index contributed by atoms with van der Waals surface area (Å²) in [4.78, 5) is 0. The van der Waals surface area contributed by atoms with Gasteiger partial charge in [-0.3, -0.25) is 0 Å². The van der Waals surface area contributed by atoms with E-state index in [1.54, 1.807) is 0 Å². The Bertz CT molecular complexity index is 972. The van der Waals surface area contributed by atoms with E-state index < -0.39 is 58.9 Å². The highest BCUT2D eigenvalue weighted by Crippen LogP contribution is 2.34. The van der Waals surface area contributed by atoms with Gasteiger partial charge in [-0.15, -0.1) is 0 Å². The maximum absolute atomic E-state index is 13.9. The first-order valence-electron chi connectivity index (χ1n) is 9.18. The van der Waals surface area contributed by atoms with Gasteiger partial charge >= 0.3 is 18.5 Å². The van der Waals surface area contributed by atoms with Crippen molar-refractivity contribution in [2.75, 3.05) is 0 Å². The number of alkyl halides is 9. The summed E-state index contributed by atoms with van der Waals surface area (Å²) >= 11 is 0. The van der Waals surface area contributed by atoms with E-state index >= 15 is 0 Å². The first-order chi connectivity index (χ1) is 14.7. The molecule has 0 saturated heterocycles. The predicted molar refractivity (Wildman–Crippen MR) is 105 cm³/mol. The van der Waals surface area contributed by atoms with Gasteiger partial charge in [-0.05, 0) is 15.6 Å². The number of benzene rings is 3. The molecule has 3 aromatic carbocycles. The van der Waals surface area contributed by atoms with Crippen molar-refractivity contribution in [2.45, 2.75) is 25.1 Å². The lowest BCUT2D eigenvalue weighted by Gasteiger charge is -2.35. The van der Waals surface area contributed by atoms with Gasteiger partial charge in [-0.2, -0.15) is 39.5 Å². The zero-order chi connectivity index (χ0) is 23.9. The van der Waals surface area contributed by atoms with E-state index in [0.717, 1.165) is 42.9 Å². The van der Waals surface area contributed by atoms with Crippen LogP contribution in [0.5, 0.6) is 0 Å². The van der Waals surface area contributed by atoms with Crippen molar-refractivity contribution in [3.63, 3.8) is 0 Å². The Balaban J connectivity index is 2.54. The van der Waals surface area contributed by atoms with E-state index in [0.29, 0.717) is 18.2 Å². The molecule has 3 rings (SSSR count). The monoisotopic (exact) mass is 478 g/mol. The van der Waals surface area contributed by atoms with Crippen LogP contribution in [0, 0.1) is 0 Å². The molecule has 0 heterocycles. The van der Waals surface area contributed by atoms with Gasteiger partial charge in [0.25, 0.3) is 0 Å². The molecule has 0 bridgehead atoms. The first kappa shape index (κ1) is 23.9. The molecule has 0 amide bonds. The summed E-state index contributed by atoms with van der Waals surface area (Å²) in [5, 5.41) is -1.75. The van der Waals surface area contributed by atoms with Crippen LogP contribution < -0.4 is 15.6 Å². The molecule has 0 N–H and O–H groups in total. The van der Waals surface area contributed by atoms with Gasteiger partial charge in [0.05, 0.1) is 16.7 Å². The van der Waals surface area contributed by atoms with Crippen molar-refractivity contribution in [1.82, 2.24) is 0 Å². The Hall–Kier alpha value is -2.75. The van der Waals surface area contributed by atoms with Crippen molar-refractivity contribution in [1.29, 1.82) is 0 Å². The maximum Gasteiger partial charge on any atom is 0.416 e. The third-order valence-corrected chi connectivity index (χ3v) is 9.85. The van der Waals surface area contributed by atoms with Gasteiger partial charge in [-0.25, -0.2) is 0 Å². The van der Waals surface area contributed by atoms with Gasteiger partial charge in [-0.1, -0.05) is 79.3 Å². The Morgan fingerprint density at radius 2 is 0.656 bits per heavy atom. The van der Waals surface area contributed by atoms with Gasteiger partial charge in [0.1, 0.15) is 8.07 Å². The van der Waals surface area contributed by atoms with E-state index in [4.69, 9.17) is 0 Å². The molecule has 0 nitrogen and oxygen atoms in total. The lowest BCUT2D eigenvalue weighted by molar-refractivity contribution is -0.137. The van der Waals surface area contributed by atoms with E-state index in [2.05, 4.69) is 0 Å². The summed E-state index contributed by atoms with van der Waals surface area (Å²) in [5.41, 5.74) is -3.78. The van der Waals surface area contributed by atoms with Gasteiger partial charge in [0.2, 0.25) is 0 Å². The summed E-state index contributed by atoms with van der Waals surface area (Å²) in [6.45, 7) is 1.09. The van der Waals surface area contributed by atoms with Crippen molar-refractivity contribution in [2.24, 2.45) is 0 Å². The van der Waals surface area contributed by atoms with Crippen LogP contribution in [0.1, 0.15) is 16.7 Å². The van der Waals surface area contributed by atoms with Gasteiger partial charge < -0.3 is 0 Å². The fraction of sp³-hybridized carbons (Fsp3) is 0.182. The molecule has 3 aromatic rings. The molecule has 170 valence electrons. The van der Waals surface area contributed by atoms with Crippen LogP contribution in [0.4, 0.5) is 39.5 Å². The summed E-state index contributed by atoms with van der Waals surface area (Å²) in [6.07, 6.45) is -14.9. The fourth-order valence-corrected chi connectivity index (χ4v) is 8.38. The molecular weight excluding hydrogens is 463 g/mol. The molecule has 0 spiro atoms. The Morgan fingerprint density at radius 1 is 0.438 bits per heavy atom. The predicted octanol–water partition coefficient (Wildman–Crippen LogP) is 5.84. The largest absolute Gasteiger partial charge is 0.416 e. The topological polar surface area (TPSA) is 0 Å². The first-order valence-corrected chi connectivity index (χ1v) is 11.7. The number of hydrogen-bond acceptors (Lipinski definition) is 0. The number of halogens is 9. The third kappa shape index (κ3) is 4.28. The molecule has 0 unspecified atom stereocenters. The van der Waals surface area contributed by atoms with Crippen LogP contribution in [0.25, 0.3) is 0 Å². The van der Waals surface area contributed by atoms with E-state index in [1.165, 1.54) is 18.2 Å². The second-order valence-electron chi connectivity index (χ2n) is 7.26. The van der Waals surface area contributed by atoms with E-state index in [9.17, 15) is 39.5 Å². The highest BCUT2D eigenvalue weighted by molar-refractivity contribution is 7.11. The van der Waals surface area contributed by atoms with Crippen LogP contribution >= 0.6 is 0 Å². The number of rotatable bonds is 3. The minimum Gasteiger partial charge on any atom is -0.166 e. The number of hydrogen-bond donors (Lipinski definition) is 0. The molecule has 32 heavy (non-hydrogen) atoms. The minimum absolute atomic E-state index is 0.582. The molecule has 0 aromatic heterocycles. The van der Waals surface area contributed by atoms with Crippen molar-refractivity contribution >= 4 is 23.6 Å². The fourth-order valence-electron chi connectivity index (χ4n) is 3.93. The second-order valence-corrected chi connectivity index (χ2v) is 11.1. The normalized spacial score (nSPS) is 13.3. The summed E-state index contributed by atoms with van der Waals surface area (Å²) in [5.74, 6) is 0. The zero-order valence-corrected chi connectivity index (χ0v) is 17.3. The molecule has 0 aliphatic rings. The zero-order valence-electron chi connectivity index (χ0n) is 16.3. The second kappa shape index (κ2) is 7.98. The Morgan fingerprint density at radius 3 is 0.875 bits per heavy atom. The highest BCUT2D eigenvalue weighted by Gasteiger charge is 2.49. The van der Waals surface area contributed by atoms with Crippen LogP contribution in [-0.2, 0) is 18.5 Å². The van der Waals surface area contributed by atoms with Crippen molar-refractivity contribution < 1.29 is 39.5 Å². The molecule has 0 aliphatic heterocycles. The highest BCUT2D eigenvalue weighted by atomic mass is 28.3. The van der Waals surface area contributed by atoms with Gasteiger partial charge in [0, 0.05) is 0 Å². The van der Waals surface area contributed by atoms with E-state index in [-0.39, 0.29) is 0 Å². The van der Waals surface area contributed by atoms with Crippen molar-refractivity contribution in [3.05, 3.63) is 89.5 Å². The molecular formula is C22H15F9Si. The Labute approximate surface area is 178 Å². The summed E-state index contributed by atoms with van der Waals surface area (Å²) in [7, 11) is -4.50. The lowest BCUT2D eigenvalue weighted by atomic mass is 10.2. The summed E-state index contributed by atoms with van der Waals surface area (Å²) in [6, 6.07) is 11.6. The van der Waals surface area contributed by atoms with Crippen LogP contribution in [0.3, 0.4) is 0 Å². The molecule has 0 atom stereocenters. The standard InChI is InChI=1S/C22H15F9Si/c1-32(17-11-5-2-8-14(17)20(23,24)25,18-12-6-3-9-15(18)21(26,27)28)19-13-7-4-10-16(19)22(29,30)31/h2-13H,1H3. The van der Waals surface area contributed by atoms with Crippen LogP contribution in [-0.4, -0.2) is 8.07 Å².